The van der Waals surface area contributed by atoms with E-state index in [9.17, 15) is 9.59 Å². The number of amides is 2. The fourth-order valence-electron chi connectivity index (χ4n) is 3.15. The second kappa shape index (κ2) is 9.88. The summed E-state index contributed by atoms with van der Waals surface area (Å²) in [5.41, 5.74) is 7.42. The average Bonchev–Trinajstić information content (AvgIpc) is 3.17. The first-order chi connectivity index (χ1) is 15.0. The van der Waals surface area contributed by atoms with Gasteiger partial charge in [0.05, 0.1) is 19.8 Å². The normalized spacial score (nSPS) is 10.6. The number of hydrogen-bond acceptors (Lipinski definition) is 5. The molecule has 2 amide bonds. The summed E-state index contributed by atoms with van der Waals surface area (Å²) in [6.07, 6.45) is 0. The molecule has 0 fully saturated rings. The lowest BCUT2D eigenvalue weighted by Gasteiger charge is -2.17. The number of nitrogens with one attached hydrogen (secondary N) is 3. The van der Waals surface area contributed by atoms with Gasteiger partial charge in [-0.3, -0.25) is 20.4 Å². The van der Waals surface area contributed by atoms with Gasteiger partial charge in [-0.25, -0.2) is 0 Å². The number of hydrogen-bond donors (Lipinski definition) is 3. The summed E-state index contributed by atoms with van der Waals surface area (Å²) in [6, 6.07) is 10.7. The van der Waals surface area contributed by atoms with E-state index < -0.39 is 11.8 Å². The van der Waals surface area contributed by atoms with Crippen molar-refractivity contribution >= 4 is 22.7 Å². The van der Waals surface area contributed by atoms with Gasteiger partial charge in [0.1, 0.15) is 5.69 Å². The lowest BCUT2D eigenvalue weighted by Crippen LogP contribution is -2.41. The molecule has 0 radical (unpaired) electrons. The van der Waals surface area contributed by atoms with Crippen molar-refractivity contribution in [3.05, 3.63) is 53.2 Å². The van der Waals surface area contributed by atoms with Crippen LogP contribution in [0.2, 0.25) is 0 Å². The summed E-state index contributed by atoms with van der Waals surface area (Å²) in [7, 11) is 0. The van der Waals surface area contributed by atoms with Gasteiger partial charge in [-0.2, -0.15) is 0 Å². The van der Waals surface area contributed by atoms with Crippen LogP contribution in [0.5, 0.6) is 17.2 Å². The molecule has 0 aliphatic heterocycles. The van der Waals surface area contributed by atoms with Crippen molar-refractivity contribution in [3.63, 3.8) is 0 Å². The third-order valence-corrected chi connectivity index (χ3v) is 4.48. The second-order valence-corrected chi connectivity index (χ2v) is 6.78. The van der Waals surface area contributed by atoms with Crippen molar-refractivity contribution in [1.29, 1.82) is 0 Å². The highest BCUT2D eigenvalue weighted by Crippen LogP contribution is 2.39. The first-order valence-electron chi connectivity index (χ1n) is 10.2. The van der Waals surface area contributed by atoms with Crippen molar-refractivity contribution < 1.29 is 23.8 Å². The van der Waals surface area contributed by atoms with Gasteiger partial charge in [0.25, 0.3) is 11.8 Å². The summed E-state index contributed by atoms with van der Waals surface area (Å²) in [5.74, 6) is 0.282. The molecule has 8 heteroatoms. The molecule has 2 aromatic carbocycles. The standard InChI is InChI=1S/C23H27N3O5/c1-5-29-19-12-16(13-20(30-6-2)21(19)31-7-3)22(27)25-26-23(28)18-11-15-10-14(4)8-9-17(15)24-18/h8-13,24H,5-7H2,1-4H3,(H,25,27)(H,26,28). The number of benzene rings is 2. The molecule has 8 nitrogen and oxygen atoms in total. The molecule has 1 aromatic heterocycles. The van der Waals surface area contributed by atoms with E-state index in [1.807, 2.05) is 45.9 Å². The Morgan fingerprint density at radius 1 is 0.839 bits per heavy atom. The average molecular weight is 425 g/mol. The van der Waals surface area contributed by atoms with Gasteiger partial charge in [-0.1, -0.05) is 11.6 Å². The third-order valence-electron chi connectivity index (χ3n) is 4.48. The third kappa shape index (κ3) is 5.09. The maximum Gasteiger partial charge on any atom is 0.286 e. The quantitative estimate of drug-likeness (QED) is 0.477. The van der Waals surface area contributed by atoms with E-state index in [2.05, 4.69) is 15.8 Å². The Morgan fingerprint density at radius 3 is 2.06 bits per heavy atom. The number of carbonyl (C=O) groups is 2. The van der Waals surface area contributed by atoms with Gasteiger partial charge in [0.2, 0.25) is 5.75 Å². The minimum absolute atomic E-state index is 0.267. The molecule has 164 valence electrons. The van der Waals surface area contributed by atoms with Crippen LogP contribution in [0, 0.1) is 6.92 Å². The lowest BCUT2D eigenvalue weighted by molar-refractivity contribution is 0.0844. The molecule has 0 aliphatic carbocycles. The monoisotopic (exact) mass is 425 g/mol. The predicted molar refractivity (Wildman–Crippen MR) is 118 cm³/mol. The van der Waals surface area contributed by atoms with E-state index in [0.29, 0.717) is 42.8 Å². The van der Waals surface area contributed by atoms with Crippen LogP contribution in [-0.2, 0) is 0 Å². The Labute approximate surface area is 180 Å². The number of ether oxygens (including phenoxy) is 3. The number of fused-ring (bicyclic) bond motifs is 1. The van der Waals surface area contributed by atoms with Crippen LogP contribution in [0.3, 0.4) is 0 Å². The maximum atomic E-state index is 12.7. The summed E-state index contributed by atoms with van der Waals surface area (Å²) in [4.78, 5) is 28.2. The SMILES string of the molecule is CCOc1cc(C(=O)NNC(=O)c2cc3cc(C)ccc3[nH]2)cc(OCC)c1OCC. The van der Waals surface area contributed by atoms with Crippen molar-refractivity contribution in [3.8, 4) is 17.2 Å². The molecule has 1 heterocycles. The van der Waals surface area contributed by atoms with Crippen LogP contribution in [-0.4, -0.2) is 36.6 Å². The van der Waals surface area contributed by atoms with Gasteiger partial charge >= 0.3 is 0 Å². The van der Waals surface area contributed by atoms with Gasteiger partial charge < -0.3 is 19.2 Å². The van der Waals surface area contributed by atoms with Gasteiger partial charge in [-0.15, -0.1) is 0 Å². The van der Waals surface area contributed by atoms with Crippen LogP contribution < -0.4 is 25.1 Å². The number of hydrazine groups is 1. The van der Waals surface area contributed by atoms with Crippen LogP contribution in [0.1, 0.15) is 47.2 Å². The Kier molecular flexibility index (Phi) is 7.02. The first kappa shape index (κ1) is 22.0. The van der Waals surface area contributed by atoms with Crippen LogP contribution >= 0.6 is 0 Å². The molecular weight excluding hydrogens is 398 g/mol. The molecule has 0 bridgehead atoms. The van der Waals surface area contributed by atoms with E-state index in [1.165, 1.54) is 0 Å². The minimum Gasteiger partial charge on any atom is -0.490 e. The highest BCUT2D eigenvalue weighted by atomic mass is 16.5. The highest BCUT2D eigenvalue weighted by Gasteiger charge is 2.19. The lowest BCUT2D eigenvalue weighted by atomic mass is 10.1. The Morgan fingerprint density at radius 2 is 1.45 bits per heavy atom. The van der Waals surface area contributed by atoms with Crippen molar-refractivity contribution in [2.24, 2.45) is 0 Å². The molecule has 3 rings (SSSR count). The molecule has 3 aromatic rings. The molecule has 0 saturated carbocycles. The fraction of sp³-hybridized carbons (Fsp3) is 0.304. The second-order valence-electron chi connectivity index (χ2n) is 6.78. The number of aryl methyl sites for hydroxylation is 1. The zero-order chi connectivity index (χ0) is 22.4. The zero-order valence-electron chi connectivity index (χ0n) is 18.1. The summed E-state index contributed by atoms with van der Waals surface area (Å²) in [6.45, 7) is 8.73. The summed E-state index contributed by atoms with van der Waals surface area (Å²) >= 11 is 0. The summed E-state index contributed by atoms with van der Waals surface area (Å²) < 4.78 is 16.9. The number of aromatic nitrogens is 1. The minimum atomic E-state index is -0.509. The number of H-pyrrole nitrogens is 1. The zero-order valence-corrected chi connectivity index (χ0v) is 18.1. The van der Waals surface area contributed by atoms with Gasteiger partial charge in [-0.05, 0) is 58.0 Å². The molecule has 0 aliphatic rings. The van der Waals surface area contributed by atoms with E-state index >= 15 is 0 Å². The molecule has 0 spiro atoms. The topological polar surface area (TPSA) is 102 Å². The maximum absolute atomic E-state index is 12.7. The predicted octanol–water partition coefficient (Wildman–Crippen LogP) is 3.75. The van der Waals surface area contributed by atoms with Crippen LogP contribution in [0.15, 0.2) is 36.4 Å². The number of aromatic amines is 1. The molecule has 0 unspecified atom stereocenters. The Bertz CT molecular complexity index is 1060. The first-order valence-corrected chi connectivity index (χ1v) is 10.2. The van der Waals surface area contributed by atoms with E-state index in [-0.39, 0.29) is 5.56 Å². The molecule has 3 N–H and O–H groups in total. The largest absolute Gasteiger partial charge is 0.490 e. The Balaban J connectivity index is 1.77. The smallest absolute Gasteiger partial charge is 0.286 e. The molecule has 31 heavy (non-hydrogen) atoms. The molecule has 0 saturated heterocycles. The van der Waals surface area contributed by atoms with Crippen molar-refractivity contribution in [2.75, 3.05) is 19.8 Å². The number of rotatable bonds is 8. The van der Waals surface area contributed by atoms with Gasteiger partial charge in [0, 0.05) is 16.5 Å². The van der Waals surface area contributed by atoms with Crippen molar-refractivity contribution in [1.82, 2.24) is 15.8 Å². The van der Waals surface area contributed by atoms with Crippen LogP contribution in [0.4, 0.5) is 0 Å². The van der Waals surface area contributed by atoms with Crippen LogP contribution in [0.25, 0.3) is 10.9 Å². The van der Waals surface area contributed by atoms with E-state index in [1.54, 1.807) is 18.2 Å². The van der Waals surface area contributed by atoms with E-state index in [4.69, 9.17) is 14.2 Å². The van der Waals surface area contributed by atoms with E-state index in [0.717, 1.165) is 16.5 Å². The molecule has 0 atom stereocenters. The van der Waals surface area contributed by atoms with Crippen molar-refractivity contribution in [2.45, 2.75) is 27.7 Å². The molecular formula is C23H27N3O5. The highest BCUT2D eigenvalue weighted by molar-refractivity contribution is 6.01. The fourth-order valence-corrected chi connectivity index (χ4v) is 3.15. The Hall–Kier alpha value is -3.68. The summed E-state index contributed by atoms with van der Waals surface area (Å²) in [5, 5.41) is 0.922. The van der Waals surface area contributed by atoms with Gasteiger partial charge in [0.15, 0.2) is 11.5 Å². The number of carbonyl (C=O) groups excluding carboxylic acids is 2.